The molecule has 0 aliphatic rings. The van der Waals surface area contributed by atoms with Crippen LogP contribution < -0.4 is 5.69 Å². The van der Waals surface area contributed by atoms with E-state index in [0.29, 0.717) is 11.2 Å². The van der Waals surface area contributed by atoms with Crippen LogP contribution in [0.5, 0.6) is 0 Å². The van der Waals surface area contributed by atoms with Gasteiger partial charge in [0.2, 0.25) is 0 Å². The number of aromatic amines is 1. The minimum absolute atomic E-state index is 0.0686. The van der Waals surface area contributed by atoms with Gasteiger partial charge >= 0.3 is 11.7 Å². The van der Waals surface area contributed by atoms with Gasteiger partial charge in [-0.25, -0.2) is 14.6 Å². The number of H-pyrrole nitrogens is 1. The molecule has 0 aliphatic carbocycles. The molecule has 16 heavy (non-hydrogen) atoms. The van der Waals surface area contributed by atoms with Crippen molar-refractivity contribution < 1.29 is 9.90 Å². The number of carboxylic acid groups (broad SMARTS) is 1. The molecule has 0 atom stereocenters. The molecule has 2 heterocycles. The summed E-state index contributed by atoms with van der Waals surface area (Å²) in [6.45, 7) is 3.67. The standard InChI is InChI=1S/C10H11N3O3/c1-5(2)13-8-6(12-10(13)16)3-4-7(11-8)9(14)15/h3-5H,1-2H3,(H,12,16)(H,14,15). The SMILES string of the molecule is CC(C)n1c(=O)[nH]c2ccc(C(=O)O)nc21. The molecule has 6 heteroatoms. The first-order chi connectivity index (χ1) is 7.50. The van der Waals surface area contributed by atoms with E-state index in [9.17, 15) is 9.59 Å². The molecular formula is C10H11N3O3. The van der Waals surface area contributed by atoms with Crippen LogP contribution in [0.2, 0.25) is 0 Å². The predicted octanol–water partition coefficient (Wildman–Crippen LogP) is 1.00. The van der Waals surface area contributed by atoms with Crippen molar-refractivity contribution >= 4 is 17.1 Å². The van der Waals surface area contributed by atoms with Crippen molar-refractivity contribution in [2.24, 2.45) is 0 Å². The van der Waals surface area contributed by atoms with Gasteiger partial charge in [-0.1, -0.05) is 0 Å². The van der Waals surface area contributed by atoms with Gasteiger partial charge in [0.25, 0.3) is 0 Å². The van der Waals surface area contributed by atoms with Crippen molar-refractivity contribution in [3.63, 3.8) is 0 Å². The van der Waals surface area contributed by atoms with E-state index >= 15 is 0 Å². The van der Waals surface area contributed by atoms with Crippen LogP contribution in [0.1, 0.15) is 30.4 Å². The Labute approximate surface area is 90.5 Å². The van der Waals surface area contributed by atoms with Gasteiger partial charge in [0.05, 0.1) is 5.52 Å². The summed E-state index contributed by atoms with van der Waals surface area (Å²) in [5, 5.41) is 8.82. The Morgan fingerprint density at radius 2 is 2.19 bits per heavy atom. The number of rotatable bonds is 2. The van der Waals surface area contributed by atoms with E-state index in [1.165, 1.54) is 10.6 Å². The van der Waals surface area contributed by atoms with E-state index in [1.807, 2.05) is 13.8 Å². The summed E-state index contributed by atoms with van der Waals surface area (Å²) >= 11 is 0. The molecule has 2 aromatic heterocycles. The fraction of sp³-hybridized carbons (Fsp3) is 0.300. The average molecular weight is 221 g/mol. The zero-order valence-corrected chi connectivity index (χ0v) is 8.89. The number of carboxylic acids is 1. The topological polar surface area (TPSA) is 88.0 Å². The van der Waals surface area contributed by atoms with Crippen molar-refractivity contribution in [1.82, 2.24) is 14.5 Å². The Morgan fingerprint density at radius 1 is 1.50 bits per heavy atom. The zero-order chi connectivity index (χ0) is 11.9. The summed E-state index contributed by atoms with van der Waals surface area (Å²) < 4.78 is 1.43. The van der Waals surface area contributed by atoms with E-state index < -0.39 is 5.97 Å². The number of pyridine rings is 1. The largest absolute Gasteiger partial charge is 0.477 e. The fourth-order valence-corrected chi connectivity index (χ4v) is 1.60. The van der Waals surface area contributed by atoms with E-state index in [0.717, 1.165) is 0 Å². The number of aromatic nitrogens is 3. The maximum atomic E-state index is 11.6. The third-order valence-corrected chi connectivity index (χ3v) is 2.30. The van der Waals surface area contributed by atoms with Crippen LogP contribution in [-0.2, 0) is 0 Å². The second-order valence-electron chi connectivity index (χ2n) is 3.77. The highest BCUT2D eigenvalue weighted by atomic mass is 16.4. The molecule has 0 spiro atoms. The van der Waals surface area contributed by atoms with Crippen LogP contribution in [0.15, 0.2) is 16.9 Å². The number of hydrogen-bond donors (Lipinski definition) is 2. The van der Waals surface area contributed by atoms with Crippen molar-refractivity contribution in [3.05, 3.63) is 28.3 Å². The molecule has 2 rings (SSSR count). The van der Waals surface area contributed by atoms with Crippen molar-refractivity contribution in [2.45, 2.75) is 19.9 Å². The first-order valence-electron chi connectivity index (χ1n) is 4.85. The van der Waals surface area contributed by atoms with E-state index in [-0.39, 0.29) is 17.4 Å². The van der Waals surface area contributed by atoms with Crippen LogP contribution >= 0.6 is 0 Å². The lowest BCUT2D eigenvalue weighted by molar-refractivity contribution is 0.0691. The molecule has 6 nitrogen and oxygen atoms in total. The highest BCUT2D eigenvalue weighted by Crippen LogP contribution is 2.12. The zero-order valence-electron chi connectivity index (χ0n) is 8.89. The molecule has 0 aromatic carbocycles. The van der Waals surface area contributed by atoms with Gasteiger partial charge in [0, 0.05) is 6.04 Å². The van der Waals surface area contributed by atoms with E-state index in [2.05, 4.69) is 9.97 Å². The van der Waals surface area contributed by atoms with Crippen molar-refractivity contribution in [1.29, 1.82) is 0 Å². The summed E-state index contributed by atoms with van der Waals surface area (Å²) in [6, 6.07) is 2.84. The lowest BCUT2D eigenvalue weighted by atomic mass is 10.3. The van der Waals surface area contributed by atoms with Crippen LogP contribution in [0.25, 0.3) is 11.2 Å². The molecule has 0 amide bonds. The Kier molecular flexibility index (Phi) is 2.26. The Hall–Kier alpha value is -2.11. The smallest absolute Gasteiger partial charge is 0.354 e. The van der Waals surface area contributed by atoms with Gasteiger partial charge in [-0.3, -0.25) is 4.57 Å². The second kappa shape index (κ2) is 3.48. The molecule has 0 aliphatic heterocycles. The van der Waals surface area contributed by atoms with Crippen molar-refractivity contribution in [3.8, 4) is 0 Å². The third-order valence-electron chi connectivity index (χ3n) is 2.30. The van der Waals surface area contributed by atoms with Gasteiger partial charge in [0.15, 0.2) is 11.3 Å². The summed E-state index contributed by atoms with van der Waals surface area (Å²) in [4.78, 5) is 28.9. The molecule has 0 bridgehead atoms. The minimum atomic E-state index is -1.11. The lowest BCUT2D eigenvalue weighted by Gasteiger charge is -2.05. The summed E-state index contributed by atoms with van der Waals surface area (Å²) in [6.07, 6.45) is 0. The Morgan fingerprint density at radius 3 is 2.75 bits per heavy atom. The first-order valence-corrected chi connectivity index (χ1v) is 4.85. The quantitative estimate of drug-likeness (QED) is 0.791. The number of hydrogen-bond acceptors (Lipinski definition) is 3. The minimum Gasteiger partial charge on any atom is -0.477 e. The lowest BCUT2D eigenvalue weighted by Crippen LogP contribution is -2.19. The predicted molar refractivity (Wildman–Crippen MR) is 57.7 cm³/mol. The number of imidazole rings is 1. The summed E-state index contributed by atoms with van der Waals surface area (Å²) in [5.41, 5.74) is 0.574. The monoisotopic (exact) mass is 221 g/mol. The van der Waals surface area contributed by atoms with Gasteiger partial charge < -0.3 is 10.1 Å². The average Bonchev–Trinajstić information content (AvgIpc) is 2.51. The third kappa shape index (κ3) is 1.48. The maximum absolute atomic E-state index is 11.6. The molecule has 2 aromatic rings. The first kappa shape index (κ1) is 10.4. The molecular weight excluding hydrogens is 210 g/mol. The van der Waals surface area contributed by atoms with E-state index in [1.54, 1.807) is 6.07 Å². The second-order valence-corrected chi connectivity index (χ2v) is 3.77. The molecule has 0 saturated heterocycles. The number of carbonyl (C=O) groups is 1. The summed E-state index contributed by atoms with van der Waals surface area (Å²) in [7, 11) is 0. The van der Waals surface area contributed by atoms with Crippen LogP contribution in [0.3, 0.4) is 0 Å². The number of aromatic carboxylic acids is 1. The Bertz CT molecular complexity index is 609. The van der Waals surface area contributed by atoms with E-state index in [4.69, 9.17) is 5.11 Å². The van der Waals surface area contributed by atoms with Gasteiger partial charge in [0.1, 0.15) is 0 Å². The molecule has 0 saturated carbocycles. The maximum Gasteiger partial charge on any atom is 0.354 e. The fourth-order valence-electron chi connectivity index (χ4n) is 1.60. The van der Waals surface area contributed by atoms with Gasteiger partial charge in [-0.05, 0) is 26.0 Å². The highest BCUT2D eigenvalue weighted by Gasteiger charge is 2.13. The molecule has 84 valence electrons. The van der Waals surface area contributed by atoms with Crippen LogP contribution in [0.4, 0.5) is 0 Å². The normalized spacial score (nSPS) is 11.2. The number of nitrogens with one attached hydrogen (secondary N) is 1. The van der Waals surface area contributed by atoms with Gasteiger partial charge in [-0.15, -0.1) is 0 Å². The Balaban J connectivity index is 2.79. The van der Waals surface area contributed by atoms with Crippen LogP contribution in [-0.4, -0.2) is 25.6 Å². The van der Waals surface area contributed by atoms with Crippen molar-refractivity contribution in [2.75, 3.05) is 0 Å². The number of fused-ring (bicyclic) bond motifs is 1. The highest BCUT2D eigenvalue weighted by molar-refractivity contribution is 5.88. The van der Waals surface area contributed by atoms with Gasteiger partial charge in [-0.2, -0.15) is 0 Å². The molecule has 0 unspecified atom stereocenters. The molecule has 0 fully saturated rings. The summed E-state index contributed by atoms with van der Waals surface area (Å²) in [5.74, 6) is -1.11. The molecule has 0 radical (unpaired) electrons. The molecule has 2 N–H and O–H groups in total. The van der Waals surface area contributed by atoms with Crippen LogP contribution in [0, 0.1) is 0 Å². The number of nitrogens with zero attached hydrogens (tertiary/aromatic N) is 2.